The van der Waals surface area contributed by atoms with E-state index in [4.69, 9.17) is 5.11 Å². The van der Waals surface area contributed by atoms with Gasteiger partial charge in [-0.15, -0.1) is 0 Å². The van der Waals surface area contributed by atoms with Crippen LogP contribution in [0.2, 0.25) is 0 Å². The van der Waals surface area contributed by atoms with Gasteiger partial charge in [0.05, 0.1) is 10.5 Å². The van der Waals surface area contributed by atoms with E-state index in [1.54, 1.807) is 0 Å². The molecule has 7 heteroatoms. The third kappa shape index (κ3) is 5.02. The summed E-state index contributed by atoms with van der Waals surface area (Å²) >= 11 is 0. The average molecular weight is 295 g/mol. The third-order valence-electron chi connectivity index (χ3n) is 3.41. The monoisotopic (exact) mass is 295 g/mol. The molecule has 0 fully saturated rings. The molecule has 0 aromatic carbocycles. The molecule has 7 nitrogen and oxygen atoms in total. The molecule has 0 saturated heterocycles. The van der Waals surface area contributed by atoms with Gasteiger partial charge >= 0.3 is 11.7 Å². The lowest BCUT2D eigenvalue weighted by atomic mass is 9.99. The van der Waals surface area contributed by atoms with E-state index in [0.29, 0.717) is 12.5 Å². The zero-order chi connectivity index (χ0) is 15.8. The molecule has 2 N–H and O–H groups in total. The number of nitrogens with zero attached hydrogens (tertiary/aromatic N) is 2. The van der Waals surface area contributed by atoms with Gasteiger partial charge in [0.25, 0.3) is 0 Å². The highest BCUT2D eigenvalue weighted by Gasteiger charge is 2.19. The molecule has 0 saturated carbocycles. The van der Waals surface area contributed by atoms with Crippen molar-refractivity contribution in [2.45, 2.75) is 39.5 Å². The lowest BCUT2D eigenvalue weighted by Crippen LogP contribution is -2.15. The lowest BCUT2D eigenvalue weighted by Gasteiger charge is -2.15. The quantitative estimate of drug-likeness (QED) is 0.534. The number of rotatable bonds is 9. The van der Waals surface area contributed by atoms with Crippen molar-refractivity contribution in [3.05, 3.63) is 27.9 Å². The van der Waals surface area contributed by atoms with E-state index in [0.717, 1.165) is 37.9 Å². The van der Waals surface area contributed by atoms with Crippen molar-refractivity contribution in [3.63, 3.8) is 0 Å². The molecule has 21 heavy (non-hydrogen) atoms. The van der Waals surface area contributed by atoms with Crippen LogP contribution >= 0.6 is 0 Å². The zero-order valence-corrected chi connectivity index (χ0v) is 12.3. The molecule has 0 aliphatic carbocycles. The summed E-state index contributed by atoms with van der Waals surface area (Å²) < 4.78 is 0. The van der Waals surface area contributed by atoms with Gasteiger partial charge in [-0.1, -0.05) is 33.1 Å². The van der Waals surface area contributed by atoms with Gasteiger partial charge in [0, 0.05) is 18.8 Å². The summed E-state index contributed by atoms with van der Waals surface area (Å²) in [5.41, 5.74) is -0.495. The molecule has 116 valence electrons. The van der Waals surface area contributed by atoms with Gasteiger partial charge in [0.2, 0.25) is 5.82 Å². The Balaban J connectivity index is 2.82. The normalized spacial score (nSPS) is 11.9. The fourth-order valence-electron chi connectivity index (χ4n) is 2.03. The molecule has 0 radical (unpaired) electrons. The second-order valence-electron chi connectivity index (χ2n) is 4.95. The number of anilines is 1. The number of aromatic nitrogens is 1. The van der Waals surface area contributed by atoms with E-state index >= 15 is 0 Å². The molecule has 0 spiro atoms. The van der Waals surface area contributed by atoms with Gasteiger partial charge in [0.1, 0.15) is 0 Å². The van der Waals surface area contributed by atoms with Crippen LogP contribution in [0.5, 0.6) is 0 Å². The fraction of sp³-hybridized carbons (Fsp3) is 0.571. The van der Waals surface area contributed by atoms with Crippen LogP contribution in [0.25, 0.3) is 0 Å². The van der Waals surface area contributed by atoms with Crippen molar-refractivity contribution in [1.82, 2.24) is 4.98 Å². The largest absolute Gasteiger partial charge is 0.478 e. The number of carbonyl (C=O) groups is 1. The molecule has 1 heterocycles. The molecule has 0 bridgehead atoms. The molecule has 1 aromatic heterocycles. The van der Waals surface area contributed by atoms with Crippen molar-refractivity contribution >= 4 is 17.5 Å². The number of nitro groups is 1. The number of unbranched alkanes of at least 4 members (excludes halogenated alkanes) is 1. The first kappa shape index (κ1) is 16.9. The van der Waals surface area contributed by atoms with E-state index in [1.165, 1.54) is 0 Å². The number of carboxylic acids is 1. The topological polar surface area (TPSA) is 105 Å². The number of pyridine rings is 1. The minimum atomic E-state index is -1.23. The Morgan fingerprint density at radius 1 is 1.52 bits per heavy atom. The Labute approximate surface area is 123 Å². The molecule has 0 amide bonds. The predicted octanol–water partition coefficient (Wildman–Crippen LogP) is 3.32. The number of carboxylic acid groups (broad SMARTS) is 1. The van der Waals surface area contributed by atoms with E-state index in [9.17, 15) is 14.9 Å². The fourth-order valence-corrected chi connectivity index (χ4v) is 2.03. The second kappa shape index (κ2) is 8.18. The minimum absolute atomic E-state index is 0.125. The van der Waals surface area contributed by atoms with Crippen molar-refractivity contribution < 1.29 is 14.8 Å². The summed E-state index contributed by atoms with van der Waals surface area (Å²) in [6.45, 7) is 4.80. The van der Waals surface area contributed by atoms with Gasteiger partial charge in [-0.25, -0.2) is 9.78 Å². The molecule has 1 aromatic rings. The Morgan fingerprint density at radius 2 is 2.24 bits per heavy atom. The summed E-state index contributed by atoms with van der Waals surface area (Å²) in [5, 5.41) is 22.8. The predicted molar refractivity (Wildman–Crippen MR) is 79.6 cm³/mol. The maximum atomic E-state index is 11.0. The number of hydrogen-bond acceptors (Lipinski definition) is 5. The first-order chi connectivity index (χ1) is 9.99. The van der Waals surface area contributed by atoms with Gasteiger partial charge in [-0.3, -0.25) is 10.1 Å². The van der Waals surface area contributed by atoms with Crippen LogP contribution in [0.1, 0.15) is 49.9 Å². The molecule has 0 aliphatic heterocycles. The number of nitrogens with one attached hydrogen (secondary N) is 1. The molecule has 1 unspecified atom stereocenters. The van der Waals surface area contributed by atoms with Gasteiger partial charge < -0.3 is 10.4 Å². The minimum Gasteiger partial charge on any atom is -0.478 e. The van der Waals surface area contributed by atoms with Gasteiger partial charge in [0.15, 0.2) is 0 Å². The Morgan fingerprint density at radius 3 is 2.76 bits per heavy atom. The summed E-state index contributed by atoms with van der Waals surface area (Å²) in [6, 6.07) is 1.03. The number of aromatic carboxylic acids is 1. The van der Waals surface area contributed by atoms with Crippen LogP contribution in [-0.4, -0.2) is 27.5 Å². The van der Waals surface area contributed by atoms with E-state index in [-0.39, 0.29) is 17.1 Å². The highest BCUT2D eigenvalue weighted by atomic mass is 16.6. The first-order valence-electron chi connectivity index (χ1n) is 7.11. The van der Waals surface area contributed by atoms with Crippen LogP contribution in [0.3, 0.4) is 0 Å². The van der Waals surface area contributed by atoms with Crippen LogP contribution in [-0.2, 0) is 0 Å². The van der Waals surface area contributed by atoms with Crippen molar-refractivity contribution in [2.75, 3.05) is 11.9 Å². The third-order valence-corrected chi connectivity index (χ3v) is 3.41. The summed E-state index contributed by atoms with van der Waals surface area (Å²) in [4.78, 5) is 25.1. The van der Waals surface area contributed by atoms with E-state index < -0.39 is 10.9 Å². The summed E-state index contributed by atoms with van der Waals surface area (Å²) in [6.07, 6.45) is 5.40. The SMILES string of the molecule is CCCCC(CC)CNc1ncc(C(=O)O)cc1[N+](=O)[O-]. The van der Waals surface area contributed by atoms with Crippen LogP contribution in [0.4, 0.5) is 11.5 Å². The Hall–Kier alpha value is -2.18. The van der Waals surface area contributed by atoms with Crippen LogP contribution in [0.15, 0.2) is 12.3 Å². The first-order valence-corrected chi connectivity index (χ1v) is 7.11. The molecule has 1 atom stereocenters. The van der Waals surface area contributed by atoms with Crippen molar-refractivity contribution in [3.8, 4) is 0 Å². The Bertz CT molecular complexity index is 505. The molecule has 1 rings (SSSR count). The summed E-state index contributed by atoms with van der Waals surface area (Å²) in [7, 11) is 0. The smallest absolute Gasteiger partial charge is 0.337 e. The Kier molecular flexibility index (Phi) is 6.58. The van der Waals surface area contributed by atoms with E-state index in [1.807, 2.05) is 0 Å². The van der Waals surface area contributed by atoms with Crippen molar-refractivity contribution in [2.24, 2.45) is 5.92 Å². The lowest BCUT2D eigenvalue weighted by molar-refractivity contribution is -0.384. The molecular formula is C14H21N3O4. The van der Waals surface area contributed by atoms with Crippen molar-refractivity contribution in [1.29, 1.82) is 0 Å². The van der Waals surface area contributed by atoms with Gasteiger partial charge in [-0.2, -0.15) is 0 Å². The molecule has 0 aliphatic rings. The van der Waals surface area contributed by atoms with Crippen LogP contribution < -0.4 is 5.32 Å². The average Bonchev–Trinajstić information content (AvgIpc) is 2.47. The highest BCUT2D eigenvalue weighted by molar-refractivity contribution is 5.88. The van der Waals surface area contributed by atoms with Crippen LogP contribution in [0, 0.1) is 16.0 Å². The standard InChI is InChI=1S/C14H21N3O4/c1-3-5-6-10(4-2)8-15-13-12(17(20)21)7-11(9-16-13)14(18)19/h7,9-10H,3-6,8H2,1-2H3,(H,15,16)(H,18,19). The highest BCUT2D eigenvalue weighted by Crippen LogP contribution is 2.24. The van der Waals surface area contributed by atoms with Gasteiger partial charge in [-0.05, 0) is 12.3 Å². The maximum Gasteiger partial charge on any atom is 0.337 e. The molecular weight excluding hydrogens is 274 g/mol. The summed E-state index contributed by atoms with van der Waals surface area (Å²) in [5.74, 6) is -0.683. The number of hydrogen-bond donors (Lipinski definition) is 2. The second-order valence-corrected chi connectivity index (χ2v) is 4.95. The maximum absolute atomic E-state index is 11.0. The zero-order valence-electron chi connectivity index (χ0n) is 12.3. The van der Waals surface area contributed by atoms with E-state index in [2.05, 4.69) is 24.1 Å².